The Morgan fingerprint density at radius 1 is 0.310 bits per heavy atom. The monoisotopic (exact) mass is 1210 g/mol. The van der Waals surface area contributed by atoms with Gasteiger partial charge in [0.05, 0.1) is 21.2 Å². The van der Waals surface area contributed by atoms with Crippen LogP contribution >= 0.6 is 0 Å². The topological polar surface area (TPSA) is 140 Å². The minimum absolute atomic E-state index is 0. The van der Waals surface area contributed by atoms with E-state index in [9.17, 15) is 20.2 Å². The Balaban J connectivity index is 0.00000982. The maximum atomic E-state index is 14.3. The molecule has 0 amide bonds. The fourth-order valence-electron chi connectivity index (χ4n) is 11.3. The molecule has 450 valence electrons. The van der Waals surface area contributed by atoms with Crippen molar-refractivity contribution in [2.75, 3.05) is 0 Å². The van der Waals surface area contributed by atoms with E-state index in [2.05, 4.69) is 227 Å². The first-order chi connectivity index (χ1) is 39.3. The number of rotatable bonds is 6. The van der Waals surface area contributed by atoms with Crippen molar-refractivity contribution in [2.24, 2.45) is 0 Å². The molecule has 5 heterocycles. The normalized spacial score (nSPS) is 13.7. The summed E-state index contributed by atoms with van der Waals surface area (Å²) >= 11 is 0. The van der Waals surface area contributed by atoms with Crippen LogP contribution in [0.15, 0.2) is 97.1 Å². The van der Waals surface area contributed by atoms with E-state index in [4.69, 9.17) is 19.9 Å². The van der Waals surface area contributed by atoms with E-state index in [1.54, 1.807) is 0 Å². The molecular formula is C76H90N6O4Zn. The molecule has 0 spiro atoms. The Bertz CT molecular complexity index is 3790. The largest absolute Gasteiger partial charge is 2.00 e. The summed E-state index contributed by atoms with van der Waals surface area (Å²) in [4.78, 5) is 49.7. The van der Waals surface area contributed by atoms with Crippen LogP contribution in [0.1, 0.15) is 233 Å². The van der Waals surface area contributed by atoms with Crippen LogP contribution in [0.3, 0.4) is 0 Å². The molecule has 0 atom stereocenters. The second kappa shape index (κ2) is 22.2. The predicted octanol–water partition coefficient (Wildman–Crippen LogP) is 20.2. The second-order valence-corrected chi connectivity index (χ2v) is 32.4. The number of benzene rings is 4. The van der Waals surface area contributed by atoms with Gasteiger partial charge in [-0.25, -0.2) is 9.97 Å². The van der Waals surface area contributed by atoms with Crippen LogP contribution in [-0.2, 0) is 62.8 Å². The Morgan fingerprint density at radius 3 is 0.701 bits per heavy atom. The fraction of sp³-hybridized carbons (Fsp3) is 0.421. The van der Waals surface area contributed by atoms with E-state index >= 15 is 0 Å². The molecule has 7 aromatic rings. The molecule has 0 saturated carbocycles. The second-order valence-electron chi connectivity index (χ2n) is 32.4. The van der Waals surface area contributed by atoms with Crippen molar-refractivity contribution in [3.63, 3.8) is 0 Å². The minimum Gasteiger partial charge on any atom is -0.657 e. The van der Waals surface area contributed by atoms with Crippen LogP contribution in [0.5, 0.6) is 0 Å². The van der Waals surface area contributed by atoms with E-state index in [0.717, 1.165) is 66.8 Å². The number of hydrogen-bond acceptors (Lipinski definition) is 6. The first kappa shape index (κ1) is 65.9. The van der Waals surface area contributed by atoms with Gasteiger partial charge in [0, 0.05) is 11.1 Å². The summed E-state index contributed by atoms with van der Waals surface area (Å²) in [5.74, 6) is 0. The van der Waals surface area contributed by atoms with Crippen molar-refractivity contribution in [2.45, 2.75) is 209 Å². The molecule has 87 heavy (non-hydrogen) atoms. The molecule has 11 heteroatoms. The molecule has 0 saturated heterocycles. The standard InChI is InChI=1S/C76H90N6O4.Zn/c1-69(2,3)47-31-43(32-48(39-47)70(4,5)6)61-55-25-26-56(77-55)62(44-33-49(71(7,8)9)40-50(34-44)72(10,11)12)58-28-30-60(79-58)64(46-37-53(75(19,20)21)42-54(38-46)76(22,23)24)66-68(82(85)86)67(81(83)84)65(80-66)63(59-29-27-57(61)78-59)45-35-51(73(13,14)15)41-52(36-45)74(16,17)18;/h25-42H,1-24H3;/q-2;+2. The van der Waals surface area contributed by atoms with Crippen LogP contribution < -0.4 is 9.97 Å². The van der Waals surface area contributed by atoms with E-state index in [0.29, 0.717) is 55.7 Å². The zero-order valence-corrected chi connectivity index (χ0v) is 59.4. The van der Waals surface area contributed by atoms with Gasteiger partial charge in [-0.15, -0.1) is 22.1 Å². The molecule has 0 N–H and O–H groups in total. The third-order valence-electron chi connectivity index (χ3n) is 17.0. The number of nitro groups is 2. The van der Waals surface area contributed by atoms with Crippen molar-refractivity contribution in [1.29, 1.82) is 0 Å². The first-order valence-corrected chi connectivity index (χ1v) is 30.4. The molecule has 0 radical (unpaired) electrons. The zero-order valence-electron chi connectivity index (χ0n) is 56.4. The van der Waals surface area contributed by atoms with Crippen molar-refractivity contribution in [3.8, 4) is 44.5 Å². The summed E-state index contributed by atoms with van der Waals surface area (Å²) in [6, 6.07) is 33.8. The molecule has 0 aliphatic carbocycles. The summed E-state index contributed by atoms with van der Waals surface area (Å²) in [5, 5.41) is 28.7. The molecular weight excluding hydrogens is 1130 g/mol. The van der Waals surface area contributed by atoms with Gasteiger partial charge in [-0.2, -0.15) is 0 Å². The molecule has 8 bridgehead atoms. The maximum absolute atomic E-state index is 14.3. The summed E-state index contributed by atoms with van der Waals surface area (Å²) in [6.45, 7) is 52.3. The van der Waals surface area contributed by atoms with Gasteiger partial charge < -0.3 is 9.97 Å². The van der Waals surface area contributed by atoms with E-state index < -0.39 is 21.2 Å². The smallest absolute Gasteiger partial charge is 0.657 e. The van der Waals surface area contributed by atoms with Gasteiger partial charge in [0.25, 0.3) is 0 Å². The van der Waals surface area contributed by atoms with Crippen LogP contribution in [0, 0.1) is 20.2 Å². The van der Waals surface area contributed by atoms with Crippen LogP contribution in [0.4, 0.5) is 0 Å². The summed E-state index contributed by atoms with van der Waals surface area (Å²) in [5.41, 5.74) is 12.6. The molecule has 9 rings (SSSR count). The number of hydrogen-bond donors (Lipinski definition) is 0. The summed E-state index contributed by atoms with van der Waals surface area (Å²) < 4.78 is 0. The third-order valence-corrected chi connectivity index (χ3v) is 17.0. The number of nitrogens with zero attached hydrogens (tertiary/aromatic N) is 6. The van der Waals surface area contributed by atoms with E-state index in [1.807, 2.05) is 48.5 Å². The predicted molar refractivity (Wildman–Crippen MR) is 360 cm³/mol. The van der Waals surface area contributed by atoms with Gasteiger partial charge >= 0.3 is 30.9 Å². The quantitative estimate of drug-likeness (QED) is 0.0911. The van der Waals surface area contributed by atoms with Crippen molar-refractivity contribution in [1.82, 2.24) is 19.9 Å². The first-order valence-electron chi connectivity index (χ1n) is 30.4. The number of aromatic nitrogens is 4. The van der Waals surface area contributed by atoms with Crippen molar-refractivity contribution >= 4 is 45.6 Å². The molecule has 0 unspecified atom stereocenters. The molecule has 10 nitrogen and oxygen atoms in total. The third kappa shape index (κ3) is 13.2. The van der Waals surface area contributed by atoms with Crippen molar-refractivity contribution < 1.29 is 29.3 Å². The summed E-state index contributed by atoms with van der Waals surface area (Å²) in [7, 11) is 0. The van der Waals surface area contributed by atoms with E-state index in [1.165, 1.54) is 0 Å². The minimum atomic E-state index is -0.723. The Kier molecular flexibility index (Phi) is 16.8. The van der Waals surface area contributed by atoms with Crippen LogP contribution in [0.25, 0.3) is 90.1 Å². The average molecular weight is 1220 g/mol. The van der Waals surface area contributed by atoms with Gasteiger partial charge in [0.1, 0.15) is 0 Å². The molecule has 2 aliphatic heterocycles. The Labute approximate surface area is 530 Å². The Hall–Kier alpha value is -7.10. The van der Waals surface area contributed by atoms with Crippen LogP contribution in [0.2, 0.25) is 0 Å². The van der Waals surface area contributed by atoms with Gasteiger partial charge in [0.2, 0.25) is 0 Å². The number of fused-ring (bicyclic) bond motifs is 8. The van der Waals surface area contributed by atoms with Crippen molar-refractivity contribution in [3.05, 3.63) is 185 Å². The van der Waals surface area contributed by atoms with E-state index in [-0.39, 0.29) is 74.2 Å². The maximum Gasteiger partial charge on any atom is 2.00 e. The Morgan fingerprint density at radius 2 is 0.506 bits per heavy atom. The SMILES string of the molecule is CC(C)(C)c1cc(-c2c3nc(c(-c4cc(C(C)(C)C)cc(C(C)(C)C)c4)c4ccc([n-]4)c(-c4cc(C(C)(C)C)cc(C(C)(C)C)c4)c4nc(c(-c5cc(C(C)(C)C)cc(C(C)(C)C)c5)c5ccc2[n-]5)C([N+](=O)[O-])=C4[N+](=O)[O-])C=C3)cc(C(C)(C)C)c1.[Zn+2]. The van der Waals surface area contributed by atoms with Gasteiger partial charge in [-0.1, -0.05) is 263 Å². The fourth-order valence-corrected chi connectivity index (χ4v) is 11.3. The summed E-state index contributed by atoms with van der Waals surface area (Å²) in [6.07, 6.45) is 4.16. The molecule has 2 aliphatic rings. The van der Waals surface area contributed by atoms with Crippen LogP contribution in [-0.4, -0.2) is 19.8 Å². The average Bonchev–Trinajstić information content (AvgIpc) is 1.66. The van der Waals surface area contributed by atoms with Gasteiger partial charge in [-0.3, -0.25) is 20.2 Å². The molecule has 0 fully saturated rings. The zero-order chi connectivity index (χ0) is 63.7. The molecule has 3 aromatic heterocycles. The molecule has 4 aromatic carbocycles. The van der Waals surface area contributed by atoms with Gasteiger partial charge in [0.15, 0.2) is 11.4 Å². The van der Waals surface area contributed by atoms with Gasteiger partial charge in [-0.05, 0) is 133 Å².